The minimum absolute atomic E-state index is 0.168. The highest BCUT2D eigenvalue weighted by molar-refractivity contribution is 5.87. The van der Waals surface area contributed by atoms with E-state index < -0.39 is 5.60 Å². The lowest BCUT2D eigenvalue weighted by molar-refractivity contribution is -0.144. The van der Waals surface area contributed by atoms with Crippen LogP contribution in [0.4, 0.5) is 0 Å². The predicted molar refractivity (Wildman–Crippen MR) is 100 cm³/mol. The van der Waals surface area contributed by atoms with Gasteiger partial charge in [-0.15, -0.1) is 0 Å². The van der Waals surface area contributed by atoms with Crippen molar-refractivity contribution < 1.29 is 14.4 Å². The van der Waals surface area contributed by atoms with Crippen LogP contribution in [-0.4, -0.2) is 49.3 Å². The van der Waals surface area contributed by atoms with E-state index in [9.17, 15) is 9.90 Å². The molecule has 1 unspecified atom stereocenters. The number of aliphatic hydroxyl groups is 1. The second-order valence-electron chi connectivity index (χ2n) is 6.94. The van der Waals surface area contributed by atoms with Crippen molar-refractivity contribution in [2.75, 3.05) is 13.6 Å². The molecule has 1 aliphatic rings. The van der Waals surface area contributed by atoms with Gasteiger partial charge >= 0.3 is 0 Å². The maximum absolute atomic E-state index is 12.3. The molecule has 1 amide bonds. The van der Waals surface area contributed by atoms with Crippen molar-refractivity contribution in [3.05, 3.63) is 60.6 Å². The van der Waals surface area contributed by atoms with E-state index in [2.05, 4.69) is 15.2 Å². The number of amides is 1. The quantitative estimate of drug-likeness (QED) is 0.589. The van der Waals surface area contributed by atoms with Crippen LogP contribution < -0.4 is 0 Å². The molecule has 3 aromatic heterocycles. The zero-order chi connectivity index (χ0) is 19.3. The predicted octanol–water partition coefficient (Wildman–Crippen LogP) is 2.10. The highest BCUT2D eigenvalue weighted by atomic mass is 16.5. The molecule has 1 fully saturated rings. The summed E-state index contributed by atoms with van der Waals surface area (Å²) in [5, 5.41) is 19.0. The van der Waals surface area contributed by atoms with E-state index in [-0.39, 0.29) is 18.1 Å². The van der Waals surface area contributed by atoms with Crippen molar-refractivity contribution in [2.45, 2.75) is 12.0 Å². The molecule has 0 bridgehead atoms. The van der Waals surface area contributed by atoms with E-state index in [1.54, 1.807) is 23.8 Å². The first-order valence-electron chi connectivity index (χ1n) is 8.91. The van der Waals surface area contributed by atoms with E-state index in [4.69, 9.17) is 4.52 Å². The zero-order valence-electron chi connectivity index (χ0n) is 15.1. The van der Waals surface area contributed by atoms with Gasteiger partial charge in [0.1, 0.15) is 5.69 Å². The summed E-state index contributed by atoms with van der Waals surface area (Å²) in [4.78, 5) is 18.4. The van der Waals surface area contributed by atoms with Crippen LogP contribution in [0.25, 0.3) is 28.2 Å². The summed E-state index contributed by atoms with van der Waals surface area (Å²) in [6.45, 7) is 0.476. The van der Waals surface area contributed by atoms with Gasteiger partial charge in [0.2, 0.25) is 5.60 Å². The minimum atomic E-state index is -1.65. The van der Waals surface area contributed by atoms with Crippen LogP contribution in [0.1, 0.15) is 12.2 Å². The largest absolute Gasteiger partial charge is 0.373 e. The van der Waals surface area contributed by atoms with E-state index in [1.165, 1.54) is 4.90 Å². The Hall–Kier alpha value is -3.52. The van der Waals surface area contributed by atoms with Gasteiger partial charge in [0, 0.05) is 49.5 Å². The third-order valence-corrected chi connectivity index (χ3v) is 5.14. The molecule has 1 N–H and O–H groups in total. The van der Waals surface area contributed by atoms with Gasteiger partial charge in [0.25, 0.3) is 5.91 Å². The van der Waals surface area contributed by atoms with Crippen LogP contribution in [0, 0.1) is 0 Å². The molecule has 140 valence electrons. The molecule has 0 saturated carbocycles. The van der Waals surface area contributed by atoms with Gasteiger partial charge in [0.05, 0.1) is 11.9 Å². The topological polar surface area (TPSA) is 96.8 Å². The molecule has 1 saturated heterocycles. The minimum Gasteiger partial charge on any atom is -0.373 e. The smallest absolute Gasteiger partial charge is 0.262 e. The maximum Gasteiger partial charge on any atom is 0.262 e. The van der Waals surface area contributed by atoms with E-state index in [1.807, 2.05) is 42.6 Å². The first-order chi connectivity index (χ1) is 13.5. The number of carbonyl (C=O) groups is 1. The maximum atomic E-state index is 12.3. The SMILES string of the molecule is CN1CCC(O)(c2cc(-c3cccc(-c4ccn5nccc5n4)c3)no2)C1=O. The number of benzene rings is 1. The number of likely N-dealkylation sites (N-methyl/N-ethyl adjacent to an activating group) is 1. The number of rotatable bonds is 3. The van der Waals surface area contributed by atoms with Crippen LogP contribution in [0.3, 0.4) is 0 Å². The fourth-order valence-corrected chi connectivity index (χ4v) is 3.50. The molecule has 1 aliphatic heterocycles. The Morgan fingerprint density at radius 2 is 1.96 bits per heavy atom. The van der Waals surface area contributed by atoms with Gasteiger partial charge in [-0.3, -0.25) is 4.79 Å². The number of hydrogen-bond donors (Lipinski definition) is 1. The van der Waals surface area contributed by atoms with Crippen molar-refractivity contribution in [1.82, 2.24) is 24.7 Å². The monoisotopic (exact) mass is 375 g/mol. The molecule has 28 heavy (non-hydrogen) atoms. The first-order valence-corrected chi connectivity index (χ1v) is 8.91. The van der Waals surface area contributed by atoms with Crippen molar-refractivity contribution in [3.8, 4) is 22.5 Å². The third kappa shape index (κ3) is 2.49. The molecule has 0 aliphatic carbocycles. The Kier molecular flexibility index (Phi) is 3.56. The summed E-state index contributed by atoms with van der Waals surface area (Å²) in [6.07, 6.45) is 3.84. The molecular formula is C20H17N5O3. The summed E-state index contributed by atoms with van der Waals surface area (Å²) < 4.78 is 7.04. The van der Waals surface area contributed by atoms with Crippen molar-refractivity contribution in [3.63, 3.8) is 0 Å². The molecule has 0 radical (unpaired) electrons. The molecule has 8 nitrogen and oxygen atoms in total. The van der Waals surface area contributed by atoms with Crippen molar-refractivity contribution in [2.24, 2.45) is 0 Å². The molecule has 0 spiro atoms. The molecule has 4 heterocycles. The molecule has 1 aromatic carbocycles. The molecule has 1 atom stereocenters. The van der Waals surface area contributed by atoms with Crippen LogP contribution in [0.15, 0.2) is 59.4 Å². The average molecular weight is 375 g/mol. The lowest BCUT2D eigenvalue weighted by Crippen LogP contribution is -2.35. The standard InChI is InChI=1S/C20H17N5O3/c1-24-10-7-20(27,19(24)26)17-12-16(23-28-17)14-4-2-3-13(11-14)15-6-9-25-18(22-15)5-8-21-25/h2-6,8-9,11-12,27H,7,10H2,1H3. The van der Waals surface area contributed by atoms with Gasteiger partial charge in [-0.1, -0.05) is 23.4 Å². The third-order valence-electron chi connectivity index (χ3n) is 5.14. The summed E-state index contributed by atoms with van der Waals surface area (Å²) in [5.74, 6) is -0.205. The van der Waals surface area contributed by atoms with Gasteiger partial charge in [-0.05, 0) is 12.1 Å². The molecule has 8 heteroatoms. The normalized spacial score (nSPS) is 19.6. The highest BCUT2D eigenvalue weighted by Gasteiger charge is 2.48. The lowest BCUT2D eigenvalue weighted by Gasteiger charge is -2.16. The number of likely N-dealkylation sites (tertiary alicyclic amines) is 1. The average Bonchev–Trinajstić information content (AvgIpc) is 3.45. The summed E-state index contributed by atoms with van der Waals surface area (Å²) in [7, 11) is 1.66. The Labute approximate surface area is 160 Å². The number of fused-ring (bicyclic) bond motifs is 1. The second kappa shape index (κ2) is 6.00. The van der Waals surface area contributed by atoms with E-state index in [0.29, 0.717) is 12.2 Å². The van der Waals surface area contributed by atoms with Crippen LogP contribution in [-0.2, 0) is 10.4 Å². The van der Waals surface area contributed by atoms with Gasteiger partial charge < -0.3 is 14.5 Å². The Balaban J connectivity index is 1.50. The second-order valence-corrected chi connectivity index (χ2v) is 6.94. The fraction of sp³-hybridized carbons (Fsp3) is 0.200. The van der Waals surface area contributed by atoms with Crippen molar-refractivity contribution in [1.29, 1.82) is 0 Å². The number of aromatic nitrogens is 4. The first kappa shape index (κ1) is 16.6. The Morgan fingerprint density at radius 3 is 2.75 bits per heavy atom. The molecule has 5 rings (SSSR count). The molecule has 4 aromatic rings. The Bertz CT molecular complexity index is 1200. The number of carbonyl (C=O) groups excluding carboxylic acids is 1. The summed E-state index contributed by atoms with van der Waals surface area (Å²) in [6, 6.07) is 13.1. The summed E-state index contributed by atoms with van der Waals surface area (Å²) in [5.41, 5.74) is 2.21. The Morgan fingerprint density at radius 1 is 1.14 bits per heavy atom. The number of nitrogens with zero attached hydrogens (tertiary/aromatic N) is 5. The molecular weight excluding hydrogens is 358 g/mol. The number of hydrogen-bond acceptors (Lipinski definition) is 6. The van der Waals surface area contributed by atoms with E-state index in [0.717, 1.165) is 22.5 Å². The zero-order valence-corrected chi connectivity index (χ0v) is 15.1. The van der Waals surface area contributed by atoms with Crippen LogP contribution in [0.2, 0.25) is 0 Å². The fourth-order valence-electron chi connectivity index (χ4n) is 3.50. The van der Waals surface area contributed by atoms with Crippen LogP contribution >= 0.6 is 0 Å². The highest BCUT2D eigenvalue weighted by Crippen LogP contribution is 2.35. The van der Waals surface area contributed by atoms with Crippen molar-refractivity contribution >= 4 is 11.6 Å². The van der Waals surface area contributed by atoms with Gasteiger partial charge in [-0.2, -0.15) is 5.10 Å². The van der Waals surface area contributed by atoms with E-state index >= 15 is 0 Å². The van der Waals surface area contributed by atoms with Crippen LogP contribution in [0.5, 0.6) is 0 Å². The summed E-state index contributed by atoms with van der Waals surface area (Å²) >= 11 is 0. The lowest BCUT2D eigenvalue weighted by atomic mass is 9.98. The van der Waals surface area contributed by atoms with Gasteiger partial charge in [-0.25, -0.2) is 9.50 Å². The van der Waals surface area contributed by atoms with Gasteiger partial charge in [0.15, 0.2) is 11.4 Å².